The predicted molar refractivity (Wildman–Crippen MR) is 79.2 cm³/mol. The highest BCUT2D eigenvalue weighted by atomic mass is 16.5. The maximum Gasteiger partial charge on any atom is 0.339 e. The molecule has 0 atom stereocenters. The Hall–Kier alpha value is -3.02. The van der Waals surface area contributed by atoms with E-state index in [0.717, 1.165) is 5.56 Å². The Balaban J connectivity index is 0.000000220. The molecule has 2 aromatic rings. The van der Waals surface area contributed by atoms with Gasteiger partial charge in [-0.25, -0.2) is 9.59 Å². The van der Waals surface area contributed by atoms with E-state index in [1.165, 1.54) is 43.5 Å². The first-order valence-corrected chi connectivity index (χ1v) is 6.25. The Morgan fingerprint density at radius 3 is 2.05 bits per heavy atom. The Morgan fingerprint density at radius 2 is 1.59 bits per heavy atom. The van der Waals surface area contributed by atoms with Crippen LogP contribution in [-0.4, -0.2) is 34.4 Å². The normalized spacial score (nSPS) is 9.36. The van der Waals surface area contributed by atoms with E-state index in [0.29, 0.717) is 5.56 Å². The first kappa shape index (κ1) is 17.0. The number of phenols is 2. The van der Waals surface area contributed by atoms with Gasteiger partial charge >= 0.3 is 11.9 Å². The zero-order valence-corrected chi connectivity index (χ0v) is 12.1. The van der Waals surface area contributed by atoms with Crippen LogP contribution in [0.3, 0.4) is 0 Å². The molecule has 0 radical (unpaired) electrons. The summed E-state index contributed by atoms with van der Waals surface area (Å²) in [7, 11) is 1.31. The number of carboxylic acids is 1. The van der Waals surface area contributed by atoms with Gasteiger partial charge in [0.2, 0.25) is 0 Å². The number of esters is 1. The molecular formula is C16H16O6. The first-order valence-electron chi connectivity index (χ1n) is 6.25. The number of benzene rings is 2. The molecule has 0 aliphatic heterocycles. The molecule has 116 valence electrons. The van der Waals surface area contributed by atoms with Gasteiger partial charge < -0.3 is 20.1 Å². The minimum absolute atomic E-state index is 0.0596. The van der Waals surface area contributed by atoms with E-state index in [2.05, 4.69) is 4.74 Å². The van der Waals surface area contributed by atoms with E-state index in [1.807, 2.05) is 0 Å². The van der Waals surface area contributed by atoms with Crippen molar-refractivity contribution in [2.24, 2.45) is 0 Å². The standard InChI is InChI=1S/2C8H8O3/c1-11-8(10)6-2-4-7(9)5-3-6;1-5-2-3-6(8(10)11)7(9)4-5/h2-5,9H,1H3;2-4,9H,1H3,(H,10,11). The highest BCUT2D eigenvalue weighted by Gasteiger charge is 2.07. The van der Waals surface area contributed by atoms with Crippen LogP contribution in [0.25, 0.3) is 0 Å². The van der Waals surface area contributed by atoms with Crippen molar-refractivity contribution in [3.05, 3.63) is 59.2 Å². The summed E-state index contributed by atoms with van der Waals surface area (Å²) in [6, 6.07) is 10.3. The van der Waals surface area contributed by atoms with Gasteiger partial charge in [-0.15, -0.1) is 0 Å². The van der Waals surface area contributed by atoms with Gasteiger partial charge in [0.05, 0.1) is 12.7 Å². The Labute approximate surface area is 127 Å². The van der Waals surface area contributed by atoms with Crippen molar-refractivity contribution in [2.75, 3.05) is 7.11 Å². The molecule has 0 fully saturated rings. The van der Waals surface area contributed by atoms with Crippen LogP contribution in [0.4, 0.5) is 0 Å². The van der Waals surface area contributed by atoms with Gasteiger partial charge in [0, 0.05) is 0 Å². The van der Waals surface area contributed by atoms with Gasteiger partial charge in [-0.1, -0.05) is 6.07 Å². The molecule has 0 heterocycles. The summed E-state index contributed by atoms with van der Waals surface area (Å²) in [4.78, 5) is 21.2. The van der Waals surface area contributed by atoms with Gasteiger partial charge in [0.1, 0.15) is 17.1 Å². The van der Waals surface area contributed by atoms with Crippen molar-refractivity contribution in [1.82, 2.24) is 0 Å². The largest absolute Gasteiger partial charge is 0.508 e. The van der Waals surface area contributed by atoms with Gasteiger partial charge in [0.25, 0.3) is 0 Å². The van der Waals surface area contributed by atoms with Crippen molar-refractivity contribution in [3.63, 3.8) is 0 Å². The molecular weight excluding hydrogens is 288 g/mol. The third kappa shape index (κ3) is 4.82. The molecule has 0 spiro atoms. The van der Waals surface area contributed by atoms with E-state index >= 15 is 0 Å². The number of aromatic carboxylic acids is 1. The predicted octanol–water partition coefficient (Wildman–Crippen LogP) is 2.58. The fraction of sp³-hybridized carbons (Fsp3) is 0.125. The molecule has 0 aliphatic carbocycles. The van der Waals surface area contributed by atoms with Gasteiger partial charge in [-0.3, -0.25) is 0 Å². The molecule has 0 aliphatic rings. The van der Waals surface area contributed by atoms with E-state index in [-0.39, 0.29) is 17.1 Å². The fourth-order valence-corrected chi connectivity index (χ4v) is 1.54. The van der Waals surface area contributed by atoms with Crippen molar-refractivity contribution in [2.45, 2.75) is 6.92 Å². The molecule has 0 saturated heterocycles. The summed E-state index contributed by atoms with van der Waals surface area (Å²) in [5.41, 5.74) is 1.22. The Kier molecular flexibility index (Phi) is 5.95. The average Bonchev–Trinajstić information content (AvgIpc) is 2.47. The smallest absolute Gasteiger partial charge is 0.339 e. The molecule has 0 saturated carbocycles. The lowest BCUT2D eigenvalue weighted by Crippen LogP contribution is -1.99. The molecule has 3 N–H and O–H groups in total. The van der Waals surface area contributed by atoms with Gasteiger partial charge in [-0.05, 0) is 48.9 Å². The Bertz CT molecular complexity index is 661. The second-order valence-corrected chi connectivity index (χ2v) is 4.36. The fourth-order valence-electron chi connectivity index (χ4n) is 1.54. The maximum atomic E-state index is 10.8. The molecule has 0 unspecified atom stereocenters. The van der Waals surface area contributed by atoms with Crippen LogP contribution in [0, 0.1) is 6.92 Å². The summed E-state index contributed by atoms with van der Waals surface area (Å²) >= 11 is 0. The number of carbonyl (C=O) groups excluding carboxylic acids is 1. The van der Waals surface area contributed by atoms with Crippen molar-refractivity contribution >= 4 is 11.9 Å². The number of carboxylic acid groups (broad SMARTS) is 1. The van der Waals surface area contributed by atoms with Crippen LogP contribution in [0.1, 0.15) is 26.3 Å². The van der Waals surface area contributed by atoms with Crippen LogP contribution in [0.15, 0.2) is 42.5 Å². The highest BCUT2D eigenvalue weighted by molar-refractivity contribution is 5.90. The third-order valence-electron chi connectivity index (χ3n) is 2.67. The van der Waals surface area contributed by atoms with E-state index in [4.69, 9.17) is 15.3 Å². The molecule has 6 heteroatoms. The number of rotatable bonds is 2. The lowest BCUT2D eigenvalue weighted by Gasteiger charge is -1.98. The van der Waals surface area contributed by atoms with Gasteiger partial charge in [-0.2, -0.15) is 0 Å². The van der Waals surface area contributed by atoms with E-state index in [1.54, 1.807) is 13.0 Å². The number of hydrogen-bond acceptors (Lipinski definition) is 5. The molecule has 2 aromatic carbocycles. The van der Waals surface area contributed by atoms with Gasteiger partial charge in [0.15, 0.2) is 0 Å². The summed E-state index contributed by atoms with van der Waals surface area (Å²) in [5.74, 6) is -1.55. The lowest BCUT2D eigenvalue weighted by molar-refractivity contribution is 0.0599. The second-order valence-electron chi connectivity index (χ2n) is 4.36. The number of methoxy groups -OCH3 is 1. The minimum Gasteiger partial charge on any atom is -0.508 e. The summed E-state index contributed by atoms with van der Waals surface area (Å²) in [5, 5.41) is 26.4. The summed E-state index contributed by atoms with van der Waals surface area (Å²) < 4.78 is 4.46. The summed E-state index contributed by atoms with van der Waals surface area (Å²) in [6.07, 6.45) is 0. The van der Waals surface area contributed by atoms with Crippen LogP contribution in [0.2, 0.25) is 0 Å². The van der Waals surface area contributed by atoms with E-state index < -0.39 is 11.9 Å². The molecule has 6 nitrogen and oxygen atoms in total. The van der Waals surface area contributed by atoms with Crippen molar-refractivity contribution in [1.29, 1.82) is 0 Å². The monoisotopic (exact) mass is 304 g/mol. The maximum absolute atomic E-state index is 10.8. The third-order valence-corrected chi connectivity index (χ3v) is 2.67. The van der Waals surface area contributed by atoms with Crippen molar-refractivity contribution < 1.29 is 29.6 Å². The van der Waals surface area contributed by atoms with Crippen molar-refractivity contribution in [3.8, 4) is 11.5 Å². The number of phenolic OH excluding ortho intramolecular Hbond substituents is 1. The number of ether oxygens (including phenoxy) is 1. The highest BCUT2D eigenvalue weighted by Crippen LogP contribution is 2.17. The van der Waals surface area contributed by atoms with Crippen LogP contribution in [0.5, 0.6) is 11.5 Å². The average molecular weight is 304 g/mol. The zero-order valence-electron chi connectivity index (χ0n) is 12.1. The molecule has 2 rings (SSSR count). The van der Waals surface area contributed by atoms with Crippen LogP contribution < -0.4 is 0 Å². The lowest BCUT2D eigenvalue weighted by atomic mass is 10.1. The number of aromatic hydroxyl groups is 2. The molecule has 0 bridgehead atoms. The minimum atomic E-state index is -1.11. The van der Waals surface area contributed by atoms with E-state index in [9.17, 15) is 9.59 Å². The summed E-state index contributed by atoms with van der Waals surface area (Å²) in [6.45, 7) is 1.78. The quantitative estimate of drug-likeness (QED) is 0.737. The second kappa shape index (κ2) is 7.68. The van der Waals surface area contributed by atoms with Crippen LogP contribution in [-0.2, 0) is 4.74 Å². The Morgan fingerprint density at radius 1 is 1.00 bits per heavy atom. The topological polar surface area (TPSA) is 104 Å². The number of carbonyl (C=O) groups is 2. The SMILES string of the molecule is COC(=O)c1ccc(O)cc1.Cc1ccc(C(=O)O)c(O)c1. The van der Waals surface area contributed by atoms with Crippen LogP contribution >= 0.6 is 0 Å². The number of hydrogen-bond donors (Lipinski definition) is 3. The number of aryl methyl sites for hydroxylation is 1. The first-order chi connectivity index (χ1) is 10.3. The molecule has 0 amide bonds. The molecule has 22 heavy (non-hydrogen) atoms. The zero-order chi connectivity index (χ0) is 16.7. The molecule has 0 aromatic heterocycles.